The van der Waals surface area contributed by atoms with Gasteiger partial charge in [-0.1, -0.05) is 22.5 Å². The van der Waals surface area contributed by atoms with Crippen molar-refractivity contribution in [2.45, 2.75) is 38.6 Å². The molecule has 0 aliphatic heterocycles. The highest BCUT2D eigenvalue weighted by atomic mass is 16.6. The molecule has 1 atom stereocenters. The number of nitrogens with zero attached hydrogens (tertiary/aromatic N) is 7. The lowest BCUT2D eigenvalue weighted by Crippen LogP contribution is -2.22. The minimum absolute atomic E-state index is 0.0482. The van der Waals surface area contributed by atoms with Crippen LogP contribution in [0, 0.1) is 17.0 Å². The van der Waals surface area contributed by atoms with E-state index < -0.39 is 4.92 Å². The average molecular weight is 397 g/mol. The SMILES string of the molecule is Cc1ccc(-c2noc(C3CCc4nnn(CCN(C)C)c4C3)n2)cc1[N+](=O)[O-]. The summed E-state index contributed by atoms with van der Waals surface area (Å²) in [5.74, 6) is 1.00. The Morgan fingerprint density at radius 3 is 2.97 bits per heavy atom. The van der Waals surface area contributed by atoms with Gasteiger partial charge in [0.15, 0.2) is 0 Å². The van der Waals surface area contributed by atoms with E-state index in [4.69, 9.17) is 4.52 Å². The third-order valence-electron chi connectivity index (χ3n) is 5.30. The number of fused-ring (bicyclic) bond motifs is 1. The summed E-state index contributed by atoms with van der Waals surface area (Å²) in [5.41, 5.74) is 3.38. The normalized spacial score (nSPS) is 16.2. The maximum absolute atomic E-state index is 11.2. The van der Waals surface area contributed by atoms with E-state index in [1.54, 1.807) is 19.1 Å². The molecule has 0 bridgehead atoms. The molecule has 2 heterocycles. The van der Waals surface area contributed by atoms with Crippen molar-refractivity contribution in [3.63, 3.8) is 0 Å². The van der Waals surface area contributed by atoms with Crippen molar-refractivity contribution in [2.24, 2.45) is 0 Å². The van der Waals surface area contributed by atoms with Crippen LogP contribution in [0.5, 0.6) is 0 Å². The summed E-state index contributed by atoms with van der Waals surface area (Å²) in [6, 6.07) is 4.96. The maximum atomic E-state index is 11.2. The molecule has 0 radical (unpaired) electrons. The van der Waals surface area contributed by atoms with Crippen molar-refractivity contribution in [1.29, 1.82) is 0 Å². The molecule has 10 heteroatoms. The Labute approximate surface area is 167 Å². The minimum atomic E-state index is -0.398. The van der Waals surface area contributed by atoms with Gasteiger partial charge in [-0.3, -0.25) is 10.1 Å². The number of nitro groups is 1. The van der Waals surface area contributed by atoms with Gasteiger partial charge in [0.25, 0.3) is 5.69 Å². The summed E-state index contributed by atoms with van der Waals surface area (Å²) in [4.78, 5) is 17.4. The van der Waals surface area contributed by atoms with E-state index in [1.807, 2.05) is 18.8 Å². The van der Waals surface area contributed by atoms with Crippen LogP contribution in [0.25, 0.3) is 11.4 Å². The van der Waals surface area contributed by atoms with Gasteiger partial charge in [0, 0.05) is 36.1 Å². The number of hydrogen-bond donors (Lipinski definition) is 0. The van der Waals surface area contributed by atoms with Crippen LogP contribution in [0.15, 0.2) is 22.7 Å². The van der Waals surface area contributed by atoms with Gasteiger partial charge in [0.05, 0.1) is 22.9 Å². The second-order valence-corrected chi connectivity index (χ2v) is 7.66. The minimum Gasteiger partial charge on any atom is -0.339 e. The van der Waals surface area contributed by atoms with Gasteiger partial charge in [-0.25, -0.2) is 4.68 Å². The van der Waals surface area contributed by atoms with Crippen molar-refractivity contribution in [3.8, 4) is 11.4 Å². The highest BCUT2D eigenvalue weighted by Crippen LogP contribution is 2.32. The largest absolute Gasteiger partial charge is 0.339 e. The van der Waals surface area contributed by atoms with Crippen LogP contribution in [0.3, 0.4) is 0 Å². The Morgan fingerprint density at radius 2 is 2.21 bits per heavy atom. The average Bonchev–Trinajstić information content (AvgIpc) is 3.33. The standard InChI is InChI=1S/C19H23N7O3/c1-12-4-5-13(10-16(12)26(27)28)18-20-19(29-22-18)14-6-7-15-17(11-14)25(23-21-15)9-8-24(2)3/h4-5,10,14H,6-9,11H2,1-3H3. The van der Waals surface area contributed by atoms with E-state index in [9.17, 15) is 10.1 Å². The quantitative estimate of drug-likeness (QED) is 0.460. The van der Waals surface area contributed by atoms with Crippen LogP contribution in [0.2, 0.25) is 0 Å². The van der Waals surface area contributed by atoms with Crippen molar-refractivity contribution in [2.75, 3.05) is 20.6 Å². The first-order valence-electron chi connectivity index (χ1n) is 9.57. The van der Waals surface area contributed by atoms with E-state index in [2.05, 4.69) is 25.4 Å². The van der Waals surface area contributed by atoms with Crippen molar-refractivity contribution < 1.29 is 9.45 Å². The number of aryl methyl sites for hydroxylation is 2. The lowest BCUT2D eigenvalue weighted by molar-refractivity contribution is -0.385. The molecule has 0 saturated heterocycles. The molecule has 29 heavy (non-hydrogen) atoms. The van der Waals surface area contributed by atoms with E-state index in [1.165, 1.54) is 6.07 Å². The van der Waals surface area contributed by atoms with Crippen LogP contribution in [-0.2, 0) is 19.4 Å². The van der Waals surface area contributed by atoms with Crippen LogP contribution in [0.1, 0.15) is 35.2 Å². The number of hydrogen-bond acceptors (Lipinski definition) is 8. The van der Waals surface area contributed by atoms with E-state index >= 15 is 0 Å². The van der Waals surface area contributed by atoms with E-state index in [0.29, 0.717) is 22.8 Å². The number of likely N-dealkylation sites (N-methyl/N-ethyl adjacent to an activating group) is 1. The summed E-state index contributed by atoms with van der Waals surface area (Å²) in [6.07, 6.45) is 2.41. The smallest absolute Gasteiger partial charge is 0.273 e. The van der Waals surface area contributed by atoms with Crippen LogP contribution < -0.4 is 0 Å². The monoisotopic (exact) mass is 397 g/mol. The topological polar surface area (TPSA) is 116 Å². The number of benzene rings is 1. The van der Waals surface area contributed by atoms with Gasteiger partial charge in [0.2, 0.25) is 11.7 Å². The first-order chi connectivity index (χ1) is 13.9. The summed E-state index contributed by atoms with van der Waals surface area (Å²) >= 11 is 0. The summed E-state index contributed by atoms with van der Waals surface area (Å²) in [5, 5.41) is 23.9. The lowest BCUT2D eigenvalue weighted by Gasteiger charge is -2.19. The summed E-state index contributed by atoms with van der Waals surface area (Å²) in [6.45, 7) is 3.37. The highest BCUT2D eigenvalue weighted by molar-refractivity contribution is 5.60. The molecule has 0 saturated carbocycles. The Morgan fingerprint density at radius 1 is 1.38 bits per heavy atom. The van der Waals surface area contributed by atoms with Gasteiger partial charge >= 0.3 is 0 Å². The zero-order valence-corrected chi connectivity index (χ0v) is 16.7. The van der Waals surface area contributed by atoms with Crippen molar-refractivity contribution in [1.82, 2.24) is 30.0 Å². The van der Waals surface area contributed by atoms with Gasteiger partial charge in [-0.2, -0.15) is 4.98 Å². The maximum Gasteiger partial charge on any atom is 0.273 e. The second kappa shape index (κ2) is 7.70. The molecule has 0 amide bonds. The van der Waals surface area contributed by atoms with Gasteiger partial charge in [-0.05, 0) is 33.9 Å². The zero-order chi connectivity index (χ0) is 20.5. The molecule has 1 aliphatic rings. The fourth-order valence-electron chi connectivity index (χ4n) is 3.58. The summed E-state index contributed by atoms with van der Waals surface area (Å²) in [7, 11) is 4.06. The molecule has 1 unspecified atom stereocenters. The molecule has 0 spiro atoms. The second-order valence-electron chi connectivity index (χ2n) is 7.66. The molecule has 152 valence electrons. The molecular weight excluding hydrogens is 374 g/mol. The molecule has 2 aromatic heterocycles. The Hall–Kier alpha value is -3.14. The molecule has 4 rings (SSSR count). The predicted octanol–water partition coefficient (Wildman–Crippen LogP) is 2.38. The predicted molar refractivity (Wildman–Crippen MR) is 104 cm³/mol. The van der Waals surface area contributed by atoms with E-state index in [-0.39, 0.29) is 11.6 Å². The highest BCUT2D eigenvalue weighted by Gasteiger charge is 2.29. The van der Waals surface area contributed by atoms with Crippen LogP contribution >= 0.6 is 0 Å². The molecule has 0 fully saturated rings. The van der Waals surface area contributed by atoms with E-state index in [0.717, 1.165) is 43.7 Å². The van der Waals surface area contributed by atoms with Crippen molar-refractivity contribution >= 4 is 5.69 Å². The first kappa shape index (κ1) is 19.2. The number of rotatable bonds is 6. The van der Waals surface area contributed by atoms with Crippen molar-refractivity contribution in [3.05, 3.63) is 51.2 Å². The third-order valence-corrected chi connectivity index (χ3v) is 5.30. The van der Waals surface area contributed by atoms with Gasteiger partial charge in [0.1, 0.15) is 0 Å². The fraction of sp³-hybridized carbons (Fsp3) is 0.474. The van der Waals surface area contributed by atoms with Crippen LogP contribution in [-0.4, -0.2) is 55.6 Å². The Bertz CT molecular complexity index is 1040. The molecule has 3 aromatic rings. The molecule has 10 nitrogen and oxygen atoms in total. The molecule has 1 aromatic carbocycles. The fourth-order valence-corrected chi connectivity index (χ4v) is 3.58. The Kier molecular flexibility index (Phi) is 5.10. The Balaban J connectivity index is 1.55. The molecule has 1 aliphatic carbocycles. The van der Waals surface area contributed by atoms with Gasteiger partial charge < -0.3 is 9.42 Å². The number of nitro benzene ring substituents is 1. The molecular formula is C19H23N7O3. The third kappa shape index (κ3) is 3.88. The summed E-state index contributed by atoms with van der Waals surface area (Å²) < 4.78 is 7.49. The van der Waals surface area contributed by atoms with Gasteiger partial charge in [-0.15, -0.1) is 5.10 Å². The first-order valence-corrected chi connectivity index (χ1v) is 9.57. The van der Waals surface area contributed by atoms with Crippen LogP contribution in [0.4, 0.5) is 5.69 Å². The lowest BCUT2D eigenvalue weighted by atomic mass is 9.89. The zero-order valence-electron chi connectivity index (χ0n) is 16.7. The number of aromatic nitrogens is 5. The molecule has 0 N–H and O–H groups in total.